The van der Waals surface area contributed by atoms with Gasteiger partial charge in [0.1, 0.15) is 5.75 Å². The Morgan fingerprint density at radius 1 is 1.33 bits per heavy atom. The number of benzene rings is 1. The minimum atomic E-state index is -1.19. The van der Waals surface area contributed by atoms with Crippen molar-refractivity contribution in [3.05, 3.63) is 29.3 Å². The van der Waals surface area contributed by atoms with Crippen LogP contribution in [0.5, 0.6) is 5.75 Å². The number of carboxylic acids is 1. The van der Waals surface area contributed by atoms with Gasteiger partial charge in [-0.2, -0.15) is 0 Å². The molecule has 0 saturated carbocycles. The van der Waals surface area contributed by atoms with Crippen molar-refractivity contribution in [3.63, 3.8) is 0 Å². The Bertz CT molecular complexity index is 443. The Morgan fingerprint density at radius 2 is 2.06 bits per heavy atom. The molecule has 0 radical (unpaired) electrons. The highest BCUT2D eigenvalue weighted by atomic mass is 16.5. The molecular formula is C13H16NO4-. The number of aryl methyl sites for hydroxylation is 1. The zero-order chi connectivity index (χ0) is 13.5. The highest BCUT2D eigenvalue weighted by molar-refractivity contribution is 5.78. The highest BCUT2D eigenvalue weighted by Gasteiger charge is 2.05. The van der Waals surface area contributed by atoms with Crippen molar-refractivity contribution in [1.29, 1.82) is 0 Å². The average molecular weight is 250 g/mol. The van der Waals surface area contributed by atoms with Gasteiger partial charge in [-0.3, -0.25) is 4.79 Å². The summed E-state index contributed by atoms with van der Waals surface area (Å²) in [6.45, 7) is 3.80. The lowest BCUT2D eigenvalue weighted by atomic mass is 10.1. The molecule has 0 bridgehead atoms. The molecule has 5 heteroatoms. The van der Waals surface area contributed by atoms with E-state index in [9.17, 15) is 14.7 Å². The fraction of sp³-hybridized carbons (Fsp3) is 0.385. The van der Waals surface area contributed by atoms with Crippen LogP contribution in [-0.4, -0.2) is 25.0 Å². The van der Waals surface area contributed by atoms with E-state index in [-0.39, 0.29) is 25.5 Å². The van der Waals surface area contributed by atoms with Crippen molar-refractivity contribution < 1.29 is 19.4 Å². The standard InChI is InChI=1S/C13H17NO4/c1-9-4-3-5-11(10(9)2)18-8-12(15)14-7-6-13(16)17/h3-5H,6-8H2,1-2H3,(H,14,15)(H,16,17)/p-1. The van der Waals surface area contributed by atoms with E-state index in [1.54, 1.807) is 6.07 Å². The van der Waals surface area contributed by atoms with Gasteiger partial charge in [-0.15, -0.1) is 0 Å². The number of amides is 1. The molecule has 0 aliphatic rings. The Morgan fingerprint density at radius 3 is 2.72 bits per heavy atom. The summed E-state index contributed by atoms with van der Waals surface area (Å²) in [5.41, 5.74) is 2.07. The second-order valence-corrected chi connectivity index (χ2v) is 3.96. The first kappa shape index (κ1) is 14.0. The van der Waals surface area contributed by atoms with Gasteiger partial charge in [0.05, 0.1) is 0 Å². The number of aliphatic carboxylic acids is 1. The quantitative estimate of drug-likeness (QED) is 0.767. The van der Waals surface area contributed by atoms with Gasteiger partial charge in [0.2, 0.25) is 0 Å². The molecule has 1 aromatic carbocycles. The van der Waals surface area contributed by atoms with Crippen molar-refractivity contribution in [2.24, 2.45) is 0 Å². The van der Waals surface area contributed by atoms with Crippen molar-refractivity contribution in [3.8, 4) is 5.75 Å². The second-order valence-electron chi connectivity index (χ2n) is 3.96. The monoisotopic (exact) mass is 250 g/mol. The number of hydrogen-bond donors (Lipinski definition) is 1. The molecule has 0 fully saturated rings. The third-order valence-corrected chi connectivity index (χ3v) is 2.56. The predicted octanol–water partition coefficient (Wildman–Crippen LogP) is -0.0616. The van der Waals surface area contributed by atoms with Gasteiger partial charge in [-0.1, -0.05) is 12.1 Å². The molecule has 0 aliphatic heterocycles. The summed E-state index contributed by atoms with van der Waals surface area (Å²) < 4.78 is 5.36. The molecule has 18 heavy (non-hydrogen) atoms. The summed E-state index contributed by atoms with van der Waals surface area (Å²) in [7, 11) is 0. The second kappa shape index (κ2) is 6.64. The van der Waals surface area contributed by atoms with Crippen LogP contribution in [0.3, 0.4) is 0 Å². The molecule has 0 heterocycles. The molecule has 1 aromatic rings. The third kappa shape index (κ3) is 4.45. The Hall–Kier alpha value is -2.04. The lowest BCUT2D eigenvalue weighted by Gasteiger charge is -2.11. The van der Waals surface area contributed by atoms with E-state index in [2.05, 4.69) is 5.32 Å². The van der Waals surface area contributed by atoms with Crippen LogP contribution >= 0.6 is 0 Å². The minimum absolute atomic E-state index is 0.0529. The van der Waals surface area contributed by atoms with Crippen molar-refractivity contribution in [1.82, 2.24) is 5.32 Å². The maximum atomic E-state index is 11.3. The molecule has 0 unspecified atom stereocenters. The lowest BCUT2D eigenvalue weighted by Crippen LogP contribution is -2.33. The molecule has 5 nitrogen and oxygen atoms in total. The van der Waals surface area contributed by atoms with E-state index >= 15 is 0 Å². The molecular weight excluding hydrogens is 234 g/mol. The van der Waals surface area contributed by atoms with Crippen LogP contribution in [0.15, 0.2) is 18.2 Å². The first-order chi connectivity index (χ1) is 8.50. The SMILES string of the molecule is Cc1cccc(OCC(=O)NCCC(=O)[O-])c1C. The average Bonchev–Trinajstić information content (AvgIpc) is 2.30. The highest BCUT2D eigenvalue weighted by Crippen LogP contribution is 2.20. The fourth-order valence-electron chi connectivity index (χ4n) is 1.38. The first-order valence-electron chi connectivity index (χ1n) is 5.66. The van der Waals surface area contributed by atoms with Gasteiger partial charge in [0, 0.05) is 18.9 Å². The van der Waals surface area contributed by atoms with Crippen molar-refractivity contribution in [2.45, 2.75) is 20.3 Å². The van der Waals surface area contributed by atoms with Crippen LogP contribution in [0, 0.1) is 13.8 Å². The third-order valence-electron chi connectivity index (χ3n) is 2.56. The largest absolute Gasteiger partial charge is 0.550 e. The fourth-order valence-corrected chi connectivity index (χ4v) is 1.38. The molecule has 1 amide bonds. The molecule has 1 rings (SSSR count). The lowest BCUT2D eigenvalue weighted by molar-refractivity contribution is -0.305. The number of rotatable bonds is 6. The summed E-state index contributed by atoms with van der Waals surface area (Å²) in [5.74, 6) is -0.882. The Balaban J connectivity index is 2.38. The van der Waals surface area contributed by atoms with Crippen LogP contribution in [-0.2, 0) is 9.59 Å². The molecule has 0 aliphatic carbocycles. The van der Waals surface area contributed by atoms with E-state index in [4.69, 9.17) is 4.74 Å². The minimum Gasteiger partial charge on any atom is -0.550 e. The van der Waals surface area contributed by atoms with Crippen LogP contribution < -0.4 is 15.2 Å². The predicted molar refractivity (Wildman–Crippen MR) is 64.0 cm³/mol. The van der Waals surface area contributed by atoms with E-state index in [1.165, 1.54) is 0 Å². The number of carbonyl (C=O) groups excluding carboxylic acids is 2. The molecule has 0 saturated heterocycles. The van der Waals surface area contributed by atoms with Gasteiger partial charge in [0.25, 0.3) is 5.91 Å². The van der Waals surface area contributed by atoms with Crippen molar-refractivity contribution >= 4 is 11.9 Å². The van der Waals surface area contributed by atoms with Crippen LogP contribution in [0.25, 0.3) is 0 Å². The van der Waals surface area contributed by atoms with E-state index in [1.807, 2.05) is 26.0 Å². The smallest absolute Gasteiger partial charge is 0.257 e. The number of carbonyl (C=O) groups is 2. The van der Waals surface area contributed by atoms with E-state index in [0.717, 1.165) is 11.1 Å². The Labute approximate surface area is 106 Å². The van der Waals surface area contributed by atoms with Crippen LogP contribution in [0.2, 0.25) is 0 Å². The maximum absolute atomic E-state index is 11.3. The van der Waals surface area contributed by atoms with Crippen molar-refractivity contribution in [2.75, 3.05) is 13.2 Å². The van der Waals surface area contributed by atoms with E-state index < -0.39 is 5.97 Å². The number of carboxylic acid groups (broad SMARTS) is 1. The van der Waals surface area contributed by atoms with E-state index in [0.29, 0.717) is 5.75 Å². The van der Waals surface area contributed by atoms with Gasteiger partial charge in [-0.05, 0) is 31.0 Å². The van der Waals surface area contributed by atoms with Crippen LogP contribution in [0.4, 0.5) is 0 Å². The summed E-state index contributed by atoms with van der Waals surface area (Å²) in [6.07, 6.45) is -0.199. The molecule has 1 N–H and O–H groups in total. The molecule has 0 spiro atoms. The summed E-state index contributed by atoms with van der Waals surface area (Å²) in [6, 6.07) is 5.60. The maximum Gasteiger partial charge on any atom is 0.257 e. The Kier molecular flexibility index (Phi) is 5.17. The summed E-state index contributed by atoms with van der Waals surface area (Å²) in [5, 5.41) is 12.6. The summed E-state index contributed by atoms with van der Waals surface area (Å²) >= 11 is 0. The van der Waals surface area contributed by atoms with Gasteiger partial charge in [0.15, 0.2) is 6.61 Å². The number of ether oxygens (including phenoxy) is 1. The summed E-state index contributed by atoms with van der Waals surface area (Å²) in [4.78, 5) is 21.5. The molecule has 0 atom stereocenters. The zero-order valence-electron chi connectivity index (χ0n) is 10.5. The topological polar surface area (TPSA) is 78.5 Å². The number of nitrogens with one attached hydrogen (secondary N) is 1. The van der Waals surface area contributed by atoms with Crippen LogP contribution in [0.1, 0.15) is 17.5 Å². The number of hydrogen-bond acceptors (Lipinski definition) is 4. The normalized spacial score (nSPS) is 9.89. The van der Waals surface area contributed by atoms with Gasteiger partial charge < -0.3 is 20.0 Å². The molecule has 0 aromatic heterocycles. The van der Waals surface area contributed by atoms with Gasteiger partial charge in [-0.25, -0.2) is 0 Å². The zero-order valence-corrected chi connectivity index (χ0v) is 10.5. The van der Waals surface area contributed by atoms with Gasteiger partial charge >= 0.3 is 0 Å². The molecule has 98 valence electrons. The first-order valence-corrected chi connectivity index (χ1v) is 5.66.